The molecule has 1 aromatic carbocycles. The summed E-state index contributed by atoms with van der Waals surface area (Å²) >= 11 is 0. The lowest BCUT2D eigenvalue weighted by Gasteiger charge is -2.19. The van der Waals surface area contributed by atoms with E-state index in [1.165, 1.54) is 0 Å². The number of alkyl carbamates (subject to hydrolysis) is 1. The van der Waals surface area contributed by atoms with Crippen molar-refractivity contribution in [3.8, 4) is 0 Å². The summed E-state index contributed by atoms with van der Waals surface area (Å²) < 4.78 is 5.05. The van der Waals surface area contributed by atoms with E-state index < -0.39 is 24.1 Å². The molecule has 1 unspecified atom stereocenters. The quantitative estimate of drug-likeness (QED) is 0.594. The first kappa shape index (κ1) is 18.3. The highest BCUT2D eigenvalue weighted by Gasteiger charge is 2.23. The Morgan fingerprint density at radius 2 is 1.78 bits per heavy atom. The van der Waals surface area contributed by atoms with E-state index in [4.69, 9.17) is 9.84 Å². The minimum absolute atomic E-state index is 0.0794. The lowest BCUT2D eigenvalue weighted by Crippen LogP contribution is -2.52. The molecule has 0 aromatic heterocycles. The Bertz CT molecular complexity index is 533. The standard InChI is InChI=1S/C15H21N3O5/c1-10(2)8-12(13(19)17-18-14(20)21)16-15(22)23-9-11-6-4-3-5-7-11/h3-7,10,12,18H,8-9H2,1-2H3,(H,16,22)(H,17,19)(H,20,21). The van der Waals surface area contributed by atoms with Crippen LogP contribution in [0.2, 0.25) is 0 Å². The Morgan fingerprint density at radius 3 is 2.35 bits per heavy atom. The number of nitrogens with one attached hydrogen (secondary N) is 3. The molecule has 0 saturated carbocycles. The smallest absolute Gasteiger partial charge is 0.423 e. The summed E-state index contributed by atoms with van der Waals surface area (Å²) in [5.74, 6) is -0.539. The van der Waals surface area contributed by atoms with Crippen LogP contribution in [-0.2, 0) is 16.1 Å². The fraction of sp³-hybridized carbons (Fsp3) is 0.400. The van der Waals surface area contributed by atoms with Crippen molar-refractivity contribution in [2.75, 3.05) is 0 Å². The van der Waals surface area contributed by atoms with Crippen LogP contribution >= 0.6 is 0 Å². The van der Waals surface area contributed by atoms with Crippen LogP contribution in [0.15, 0.2) is 30.3 Å². The monoisotopic (exact) mass is 323 g/mol. The SMILES string of the molecule is CC(C)CC(NC(=O)OCc1ccccc1)C(=O)NNC(=O)O. The highest BCUT2D eigenvalue weighted by Crippen LogP contribution is 2.06. The average Bonchev–Trinajstić information content (AvgIpc) is 2.50. The van der Waals surface area contributed by atoms with E-state index >= 15 is 0 Å². The topological polar surface area (TPSA) is 117 Å². The molecule has 0 aliphatic carbocycles. The molecule has 3 amide bonds. The fourth-order valence-corrected chi connectivity index (χ4v) is 1.81. The molecule has 0 saturated heterocycles. The fourth-order valence-electron chi connectivity index (χ4n) is 1.81. The van der Waals surface area contributed by atoms with Gasteiger partial charge in [-0.05, 0) is 17.9 Å². The third-order valence-corrected chi connectivity index (χ3v) is 2.82. The second kappa shape index (κ2) is 9.29. The van der Waals surface area contributed by atoms with Gasteiger partial charge in [-0.1, -0.05) is 44.2 Å². The minimum atomic E-state index is -1.40. The maximum absolute atomic E-state index is 11.9. The predicted molar refractivity (Wildman–Crippen MR) is 82.3 cm³/mol. The number of carbonyl (C=O) groups is 3. The van der Waals surface area contributed by atoms with Gasteiger partial charge in [-0.15, -0.1) is 0 Å². The van der Waals surface area contributed by atoms with E-state index in [1.807, 2.05) is 49.6 Å². The molecule has 0 radical (unpaired) electrons. The summed E-state index contributed by atoms with van der Waals surface area (Å²) in [7, 11) is 0. The molecule has 23 heavy (non-hydrogen) atoms. The second-order valence-electron chi connectivity index (χ2n) is 5.31. The molecule has 8 heteroatoms. The summed E-state index contributed by atoms with van der Waals surface area (Å²) in [6.45, 7) is 3.83. The zero-order valence-electron chi connectivity index (χ0n) is 13.0. The van der Waals surface area contributed by atoms with Gasteiger partial charge in [-0.3, -0.25) is 10.2 Å². The molecule has 0 aliphatic heterocycles. The van der Waals surface area contributed by atoms with Crippen molar-refractivity contribution >= 4 is 18.1 Å². The van der Waals surface area contributed by atoms with Gasteiger partial charge < -0.3 is 15.2 Å². The first-order chi connectivity index (χ1) is 10.9. The van der Waals surface area contributed by atoms with Gasteiger partial charge in [0.25, 0.3) is 5.91 Å². The third kappa shape index (κ3) is 7.70. The van der Waals surface area contributed by atoms with Crippen LogP contribution in [0.25, 0.3) is 0 Å². The van der Waals surface area contributed by atoms with Crippen molar-refractivity contribution in [3.63, 3.8) is 0 Å². The molecule has 0 bridgehead atoms. The lowest BCUT2D eigenvalue weighted by atomic mass is 10.0. The van der Waals surface area contributed by atoms with Crippen molar-refractivity contribution in [1.82, 2.24) is 16.2 Å². The molecule has 0 heterocycles. The van der Waals surface area contributed by atoms with Gasteiger partial charge in [0, 0.05) is 0 Å². The van der Waals surface area contributed by atoms with Gasteiger partial charge in [-0.25, -0.2) is 15.0 Å². The minimum Gasteiger partial charge on any atom is -0.464 e. The Balaban J connectivity index is 2.52. The van der Waals surface area contributed by atoms with Gasteiger partial charge in [0.2, 0.25) is 0 Å². The molecule has 126 valence electrons. The van der Waals surface area contributed by atoms with Crippen LogP contribution in [-0.4, -0.2) is 29.2 Å². The highest BCUT2D eigenvalue weighted by atomic mass is 16.5. The number of rotatable bonds is 6. The highest BCUT2D eigenvalue weighted by molar-refractivity contribution is 5.86. The molecule has 1 atom stereocenters. The Morgan fingerprint density at radius 1 is 1.13 bits per heavy atom. The van der Waals surface area contributed by atoms with E-state index in [9.17, 15) is 14.4 Å². The summed E-state index contributed by atoms with van der Waals surface area (Å²) in [5, 5.41) is 10.9. The number of carboxylic acid groups (broad SMARTS) is 1. The molecular formula is C15H21N3O5. The molecule has 4 N–H and O–H groups in total. The maximum atomic E-state index is 11.9. The van der Waals surface area contributed by atoms with Crippen LogP contribution in [0, 0.1) is 5.92 Å². The predicted octanol–water partition coefficient (Wildman–Crippen LogP) is 1.63. The van der Waals surface area contributed by atoms with E-state index in [0.29, 0.717) is 6.42 Å². The normalized spacial score (nSPS) is 11.4. The maximum Gasteiger partial charge on any atom is 0.423 e. The average molecular weight is 323 g/mol. The molecule has 8 nitrogen and oxygen atoms in total. The lowest BCUT2D eigenvalue weighted by molar-refractivity contribution is -0.124. The number of ether oxygens (including phenoxy) is 1. The van der Waals surface area contributed by atoms with Crippen molar-refractivity contribution in [3.05, 3.63) is 35.9 Å². The second-order valence-corrected chi connectivity index (χ2v) is 5.31. The van der Waals surface area contributed by atoms with Crippen molar-refractivity contribution in [2.24, 2.45) is 5.92 Å². The molecule has 0 fully saturated rings. The van der Waals surface area contributed by atoms with Crippen LogP contribution in [0.3, 0.4) is 0 Å². The van der Waals surface area contributed by atoms with Gasteiger partial charge in [0.05, 0.1) is 0 Å². The molecule has 1 rings (SSSR count). The van der Waals surface area contributed by atoms with Gasteiger partial charge in [-0.2, -0.15) is 0 Å². The van der Waals surface area contributed by atoms with Crippen LogP contribution in [0.4, 0.5) is 9.59 Å². The summed E-state index contributed by atoms with van der Waals surface area (Å²) in [6, 6.07) is 8.21. The molecular weight excluding hydrogens is 302 g/mol. The Labute approximate surface area is 134 Å². The summed E-state index contributed by atoms with van der Waals surface area (Å²) in [4.78, 5) is 34.1. The third-order valence-electron chi connectivity index (χ3n) is 2.82. The number of carbonyl (C=O) groups excluding carboxylic acids is 2. The van der Waals surface area contributed by atoms with E-state index in [2.05, 4.69) is 5.32 Å². The van der Waals surface area contributed by atoms with E-state index in [-0.39, 0.29) is 12.5 Å². The first-order valence-corrected chi connectivity index (χ1v) is 7.14. The van der Waals surface area contributed by atoms with Crippen molar-refractivity contribution in [2.45, 2.75) is 32.9 Å². The van der Waals surface area contributed by atoms with Crippen LogP contribution in [0.5, 0.6) is 0 Å². The van der Waals surface area contributed by atoms with E-state index in [1.54, 1.807) is 5.43 Å². The molecule has 0 aliphatic rings. The first-order valence-electron chi connectivity index (χ1n) is 7.14. The Kier molecular flexibility index (Phi) is 7.38. The van der Waals surface area contributed by atoms with Crippen LogP contribution in [0.1, 0.15) is 25.8 Å². The Hall–Kier alpha value is -2.77. The molecule has 0 spiro atoms. The van der Waals surface area contributed by atoms with E-state index in [0.717, 1.165) is 5.56 Å². The number of hydrogen-bond donors (Lipinski definition) is 4. The largest absolute Gasteiger partial charge is 0.464 e. The van der Waals surface area contributed by atoms with Gasteiger partial charge in [0.15, 0.2) is 0 Å². The van der Waals surface area contributed by atoms with Gasteiger partial charge >= 0.3 is 12.2 Å². The van der Waals surface area contributed by atoms with Crippen molar-refractivity contribution < 1.29 is 24.2 Å². The molecule has 1 aromatic rings. The summed E-state index contributed by atoms with van der Waals surface area (Å²) in [6.07, 6.45) is -1.80. The summed E-state index contributed by atoms with van der Waals surface area (Å²) in [5.41, 5.74) is 4.58. The number of benzene rings is 1. The number of hydrogen-bond acceptors (Lipinski definition) is 4. The zero-order chi connectivity index (χ0) is 17.2. The zero-order valence-corrected chi connectivity index (χ0v) is 13.0. The van der Waals surface area contributed by atoms with Crippen molar-refractivity contribution in [1.29, 1.82) is 0 Å². The van der Waals surface area contributed by atoms with Gasteiger partial charge in [0.1, 0.15) is 12.6 Å². The number of hydrazine groups is 1. The van der Waals surface area contributed by atoms with Crippen LogP contribution < -0.4 is 16.2 Å². The number of amides is 3.